The highest BCUT2D eigenvalue weighted by Crippen LogP contribution is 2.42. The lowest BCUT2D eigenvalue weighted by Crippen LogP contribution is -2.28. The second-order valence-corrected chi connectivity index (χ2v) is 6.90. The second-order valence-electron chi connectivity index (χ2n) is 3.65. The number of hydrogen-bond acceptors (Lipinski definition) is 3. The molecule has 2 unspecified atom stereocenters. The molecule has 2 heterocycles. The number of carboxylic acid groups (broad SMARTS) is 1. The van der Waals surface area contributed by atoms with Gasteiger partial charge in [-0.05, 0) is 50.8 Å². The molecule has 1 aliphatic heterocycles. The minimum Gasteiger partial charge on any atom is -0.481 e. The maximum Gasteiger partial charge on any atom is 0.309 e. The highest BCUT2D eigenvalue weighted by atomic mass is 79.9. The molecule has 0 bridgehead atoms. The van der Waals surface area contributed by atoms with Gasteiger partial charge < -0.3 is 9.84 Å². The quantitative estimate of drug-likeness (QED) is 0.861. The molecule has 88 valence electrons. The van der Waals surface area contributed by atoms with Crippen LogP contribution in [0.15, 0.2) is 14.3 Å². The molecular weight excluding hydrogens is 360 g/mol. The molecule has 0 aliphatic carbocycles. The van der Waals surface area contributed by atoms with Crippen LogP contribution in [0, 0.1) is 5.92 Å². The summed E-state index contributed by atoms with van der Waals surface area (Å²) in [4.78, 5) is 12.1. The molecule has 1 aliphatic rings. The Morgan fingerprint density at radius 1 is 1.56 bits per heavy atom. The van der Waals surface area contributed by atoms with Gasteiger partial charge in [-0.1, -0.05) is 0 Å². The van der Waals surface area contributed by atoms with Gasteiger partial charge in [0, 0.05) is 16.0 Å². The Morgan fingerprint density at radius 3 is 2.88 bits per heavy atom. The topological polar surface area (TPSA) is 46.5 Å². The van der Waals surface area contributed by atoms with Gasteiger partial charge in [-0.15, -0.1) is 11.3 Å². The molecule has 2 atom stereocenters. The first kappa shape index (κ1) is 12.5. The molecule has 0 spiro atoms. The Kier molecular flexibility index (Phi) is 4.05. The predicted octanol–water partition coefficient (Wildman–Crippen LogP) is 3.83. The van der Waals surface area contributed by atoms with Crippen LogP contribution in [0.1, 0.15) is 23.8 Å². The summed E-state index contributed by atoms with van der Waals surface area (Å²) >= 11 is 8.33. The lowest BCUT2D eigenvalue weighted by Gasteiger charge is -2.27. The SMILES string of the molecule is O=C(O)C1CCCOC1c1cc(Br)c(Br)s1. The van der Waals surface area contributed by atoms with E-state index in [9.17, 15) is 4.79 Å². The van der Waals surface area contributed by atoms with Gasteiger partial charge in [0.05, 0.1) is 9.70 Å². The zero-order valence-corrected chi connectivity index (χ0v) is 12.3. The molecule has 6 heteroatoms. The lowest BCUT2D eigenvalue weighted by molar-refractivity contribution is -0.151. The Bertz CT molecular complexity index is 385. The van der Waals surface area contributed by atoms with Crippen molar-refractivity contribution in [1.82, 2.24) is 0 Å². The lowest BCUT2D eigenvalue weighted by atomic mass is 9.93. The third kappa shape index (κ3) is 2.50. The van der Waals surface area contributed by atoms with Gasteiger partial charge in [0.1, 0.15) is 6.10 Å². The van der Waals surface area contributed by atoms with E-state index in [1.165, 1.54) is 11.3 Å². The van der Waals surface area contributed by atoms with E-state index in [0.29, 0.717) is 13.0 Å². The van der Waals surface area contributed by atoms with E-state index < -0.39 is 11.9 Å². The molecule has 0 saturated carbocycles. The zero-order valence-electron chi connectivity index (χ0n) is 8.28. The van der Waals surface area contributed by atoms with Crippen LogP contribution in [0.5, 0.6) is 0 Å². The van der Waals surface area contributed by atoms with Crippen LogP contribution >= 0.6 is 43.2 Å². The highest BCUT2D eigenvalue weighted by molar-refractivity contribution is 9.13. The molecule has 0 amide bonds. The third-order valence-corrected chi connectivity index (χ3v) is 5.90. The minimum atomic E-state index is -0.773. The third-order valence-electron chi connectivity index (χ3n) is 2.58. The minimum absolute atomic E-state index is 0.307. The van der Waals surface area contributed by atoms with E-state index in [1.807, 2.05) is 6.07 Å². The summed E-state index contributed by atoms with van der Waals surface area (Å²) in [6.45, 7) is 0.640. The van der Waals surface area contributed by atoms with Crippen LogP contribution in [0.4, 0.5) is 0 Å². The largest absolute Gasteiger partial charge is 0.481 e. The molecule has 3 nitrogen and oxygen atoms in total. The summed E-state index contributed by atoms with van der Waals surface area (Å²) < 4.78 is 7.52. The van der Waals surface area contributed by atoms with Crippen molar-refractivity contribution in [2.24, 2.45) is 5.92 Å². The molecular formula is C10H10Br2O3S. The number of aliphatic carboxylic acids is 1. The Labute approximate surface area is 114 Å². The fourth-order valence-corrected chi connectivity index (χ4v) is 4.02. The van der Waals surface area contributed by atoms with Crippen molar-refractivity contribution in [2.75, 3.05) is 6.61 Å². The van der Waals surface area contributed by atoms with Crippen LogP contribution < -0.4 is 0 Å². The van der Waals surface area contributed by atoms with E-state index in [1.54, 1.807) is 0 Å². The zero-order chi connectivity index (χ0) is 11.7. The average Bonchev–Trinajstić information content (AvgIpc) is 2.59. The van der Waals surface area contributed by atoms with E-state index in [2.05, 4.69) is 31.9 Å². The van der Waals surface area contributed by atoms with Crippen LogP contribution in [0.25, 0.3) is 0 Å². The number of rotatable bonds is 2. The fraction of sp³-hybridized carbons (Fsp3) is 0.500. The van der Waals surface area contributed by atoms with Crippen molar-refractivity contribution in [3.8, 4) is 0 Å². The van der Waals surface area contributed by atoms with E-state index in [-0.39, 0.29) is 6.10 Å². The summed E-state index contributed by atoms with van der Waals surface area (Å²) in [7, 11) is 0. The Morgan fingerprint density at radius 2 is 2.31 bits per heavy atom. The van der Waals surface area contributed by atoms with Gasteiger partial charge in [-0.3, -0.25) is 4.79 Å². The Hall–Kier alpha value is 0.0900. The first-order valence-corrected chi connectivity index (χ1v) is 7.29. The highest BCUT2D eigenvalue weighted by Gasteiger charge is 2.34. The summed E-state index contributed by atoms with van der Waals surface area (Å²) in [5.74, 6) is -1.20. The number of halogens is 2. The molecule has 16 heavy (non-hydrogen) atoms. The van der Waals surface area contributed by atoms with Crippen molar-refractivity contribution in [1.29, 1.82) is 0 Å². The summed E-state index contributed by atoms with van der Waals surface area (Å²) in [5, 5.41) is 9.15. The van der Waals surface area contributed by atoms with Crippen molar-refractivity contribution in [2.45, 2.75) is 18.9 Å². The van der Waals surface area contributed by atoms with Crippen molar-refractivity contribution < 1.29 is 14.6 Å². The van der Waals surface area contributed by atoms with Crippen LogP contribution in [0.2, 0.25) is 0 Å². The number of carbonyl (C=O) groups is 1. The summed E-state index contributed by atoms with van der Waals surface area (Å²) in [6.07, 6.45) is 1.20. The van der Waals surface area contributed by atoms with E-state index in [4.69, 9.17) is 9.84 Å². The maximum absolute atomic E-state index is 11.1. The van der Waals surface area contributed by atoms with Crippen LogP contribution in [-0.4, -0.2) is 17.7 Å². The number of hydrogen-bond donors (Lipinski definition) is 1. The van der Waals surface area contributed by atoms with Gasteiger partial charge in [0.2, 0.25) is 0 Å². The van der Waals surface area contributed by atoms with Crippen molar-refractivity contribution in [3.05, 3.63) is 19.2 Å². The first-order chi connectivity index (χ1) is 7.59. The Balaban J connectivity index is 2.26. The molecule has 2 rings (SSSR count). The normalized spacial score (nSPS) is 25.6. The van der Waals surface area contributed by atoms with E-state index in [0.717, 1.165) is 19.6 Å². The van der Waals surface area contributed by atoms with Gasteiger partial charge in [0.15, 0.2) is 0 Å². The van der Waals surface area contributed by atoms with Crippen molar-refractivity contribution in [3.63, 3.8) is 0 Å². The molecule has 0 radical (unpaired) electrons. The summed E-state index contributed by atoms with van der Waals surface area (Å²) in [5.41, 5.74) is 0. The van der Waals surface area contributed by atoms with E-state index >= 15 is 0 Å². The molecule has 1 aromatic rings. The fourth-order valence-electron chi connectivity index (χ4n) is 1.82. The predicted molar refractivity (Wildman–Crippen MR) is 68.8 cm³/mol. The second kappa shape index (κ2) is 5.16. The average molecular weight is 370 g/mol. The van der Waals surface area contributed by atoms with Crippen molar-refractivity contribution >= 4 is 49.2 Å². The van der Waals surface area contributed by atoms with Gasteiger partial charge in [-0.25, -0.2) is 0 Å². The molecule has 0 aromatic carbocycles. The monoisotopic (exact) mass is 368 g/mol. The van der Waals surface area contributed by atoms with Gasteiger partial charge >= 0.3 is 5.97 Å². The summed E-state index contributed by atoms with van der Waals surface area (Å²) in [6, 6.07) is 1.93. The van der Waals surface area contributed by atoms with Gasteiger partial charge in [-0.2, -0.15) is 0 Å². The maximum atomic E-state index is 11.1. The number of thiophene rings is 1. The van der Waals surface area contributed by atoms with Crippen LogP contribution in [-0.2, 0) is 9.53 Å². The first-order valence-electron chi connectivity index (χ1n) is 4.88. The number of carboxylic acids is 1. The standard InChI is InChI=1S/C10H10Br2O3S/c11-6-4-7(16-9(6)12)8-5(10(13)14)2-1-3-15-8/h4-5,8H,1-3H2,(H,13,14). The molecule has 1 saturated heterocycles. The molecule has 1 aromatic heterocycles. The smallest absolute Gasteiger partial charge is 0.309 e. The van der Waals surface area contributed by atoms with Crippen LogP contribution in [0.3, 0.4) is 0 Å². The molecule has 1 N–H and O–H groups in total. The van der Waals surface area contributed by atoms with Gasteiger partial charge in [0.25, 0.3) is 0 Å². The number of ether oxygens (including phenoxy) is 1. The molecule has 1 fully saturated rings.